The van der Waals surface area contributed by atoms with Crippen LogP contribution in [0.3, 0.4) is 0 Å². The van der Waals surface area contributed by atoms with Crippen LogP contribution in [0.4, 0.5) is 13.2 Å². The van der Waals surface area contributed by atoms with Gasteiger partial charge in [0.25, 0.3) is 5.91 Å². The van der Waals surface area contributed by atoms with Gasteiger partial charge >= 0.3 is 6.18 Å². The van der Waals surface area contributed by atoms with E-state index in [0.29, 0.717) is 44.5 Å². The molecule has 192 valence electrons. The molecule has 3 aromatic rings. The number of alkyl halides is 3. The van der Waals surface area contributed by atoms with Gasteiger partial charge in [0.15, 0.2) is 0 Å². The highest BCUT2D eigenvalue weighted by Gasteiger charge is 2.33. The molecule has 0 bridgehead atoms. The minimum Gasteiger partial charge on any atom is -0.339 e. The molecule has 5 rings (SSSR count). The van der Waals surface area contributed by atoms with Gasteiger partial charge in [0.1, 0.15) is 5.82 Å². The van der Waals surface area contributed by atoms with Crippen molar-refractivity contribution >= 4 is 40.1 Å². The second-order valence-electron chi connectivity index (χ2n) is 10.1. The first-order chi connectivity index (χ1) is 17.0. The Morgan fingerprint density at radius 2 is 1.75 bits per heavy atom. The van der Waals surface area contributed by atoms with Gasteiger partial charge in [-0.25, -0.2) is 4.98 Å². The predicted octanol–water partition coefficient (Wildman–Crippen LogP) is 7.45. The van der Waals surface area contributed by atoms with Crippen molar-refractivity contribution in [2.75, 3.05) is 13.1 Å². The summed E-state index contributed by atoms with van der Waals surface area (Å²) in [7, 11) is 1.67. The molecule has 0 radical (unpaired) electrons. The summed E-state index contributed by atoms with van der Waals surface area (Å²) >= 11 is 13.2. The number of hydrogen-bond donors (Lipinski definition) is 0. The number of aromatic nitrogens is 2. The van der Waals surface area contributed by atoms with Crippen molar-refractivity contribution in [1.29, 1.82) is 0 Å². The third-order valence-corrected chi connectivity index (χ3v) is 8.78. The normalized spacial score (nSPS) is 17.6. The molecule has 2 fully saturated rings. The van der Waals surface area contributed by atoms with Gasteiger partial charge in [-0.3, -0.25) is 4.79 Å². The highest BCUT2D eigenvalue weighted by atomic mass is 35.5. The van der Waals surface area contributed by atoms with Crippen LogP contribution in [0.2, 0.25) is 10.0 Å². The zero-order valence-electron chi connectivity index (χ0n) is 20.3. The van der Waals surface area contributed by atoms with Gasteiger partial charge in [0.05, 0.1) is 27.2 Å². The van der Waals surface area contributed by atoms with Crippen molar-refractivity contribution in [1.82, 2.24) is 14.5 Å². The summed E-state index contributed by atoms with van der Waals surface area (Å²) in [6.07, 6.45) is 1.72. The number of nitrogens with zero attached hydrogens (tertiary/aromatic N) is 3. The SMILES string of the molecule is Cc1cc(C(F)(F)F)cc2c1nc(Cc1c(Cl)ccc(C(=O)N3CCC(C4CCC4)CC3)c1Cl)n2C. The minimum atomic E-state index is -4.45. The van der Waals surface area contributed by atoms with Crippen LogP contribution in [0.1, 0.15) is 65.0 Å². The number of carbonyl (C=O) groups excluding carboxylic acids is 1. The average Bonchev–Trinajstić information content (AvgIpc) is 3.11. The van der Waals surface area contributed by atoms with Crippen LogP contribution in [-0.2, 0) is 19.6 Å². The van der Waals surface area contributed by atoms with Crippen LogP contribution < -0.4 is 0 Å². The zero-order valence-corrected chi connectivity index (χ0v) is 21.8. The molecule has 36 heavy (non-hydrogen) atoms. The summed E-state index contributed by atoms with van der Waals surface area (Å²) in [6.45, 7) is 3.06. The molecular formula is C27H28Cl2F3N3O. The van der Waals surface area contributed by atoms with Crippen molar-refractivity contribution in [3.63, 3.8) is 0 Å². The molecule has 0 N–H and O–H groups in total. The molecule has 1 saturated carbocycles. The Morgan fingerprint density at radius 3 is 2.36 bits per heavy atom. The van der Waals surface area contributed by atoms with E-state index in [0.717, 1.165) is 44.0 Å². The van der Waals surface area contributed by atoms with Crippen molar-refractivity contribution in [3.8, 4) is 0 Å². The lowest BCUT2D eigenvalue weighted by Crippen LogP contribution is -2.41. The first-order valence-electron chi connectivity index (χ1n) is 12.3. The quantitative estimate of drug-likeness (QED) is 0.346. The van der Waals surface area contributed by atoms with Gasteiger partial charge in [0, 0.05) is 31.6 Å². The third-order valence-electron chi connectivity index (χ3n) is 7.99. The number of halogens is 5. The maximum atomic E-state index is 13.4. The first kappa shape index (κ1) is 25.4. The molecule has 2 aliphatic rings. The molecule has 1 aliphatic carbocycles. The Bertz CT molecular complexity index is 1320. The summed E-state index contributed by atoms with van der Waals surface area (Å²) in [6, 6.07) is 5.53. The van der Waals surface area contributed by atoms with Gasteiger partial charge < -0.3 is 9.47 Å². The molecule has 0 atom stereocenters. The Morgan fingerprint density at radius 1 is 1.08 bits per heavy atom. The van der Waals surface area contributed by atoms with Crippen LogP contribution in [0.5, 0.6) is 0 Å². The number of fused-ring (bicyclic) bond motifs is 1. The van der Waals surface area contributed by atoms with Gasteiger partial charge in [-0.15, -0.1) is 0 Å². The number of aryl methyl sites for hydroxylation is 2. The lowest BCUT2D eigenvalue weighted by atomic mass is 9.72. The Kier molecular flexibility index (Phi) is 6.75. The van der Waals surface area contributed by atoms with Crippen LogP contribution in [0, 0.1) is 18.8 Å². The van der Waals surface area contributed by atoms with E-state index in [1.807, 2.05) is 4.90 Å². The van der Waals surface area contributed by atoms with Gasteiger partial charge in [-0.1, -0.05) is 42.5 Å². The van der Waals surface area contributed by atoms with Crippen molar-refractivity contribution < 1.29 is 18.0 Å². The van der Waals surface area contributed by atoms with Crippen molar-refractivity contribution in [2.24, 2.45) is 18.9 Å². The molecule has 9 heteroatoms. The molecule has 0 spiro atoms. The molecule has 1 amide bonds. The van der Waals surface area contributed by atoms with Crippen LogP contribution in [-0.4, -0.2) is 33.4 Å². The van der Waals surface area contributed by atoms with E-state index in [-0.39, 0.29) is 17.4 Å². The Labute approximate surface area is 218 Å². The highest BCUT2D eigenvalue weighted by molar-refractivity contribution is 6.38. The topological polar surface area (TPSA) is 38.1 Å². The summed E-state index contributed by atoms with van der Waals surface area (Å²) < 4.78 is 41.7. The molecule has 2 aromatic carbocycles. The van der Waals surface area contributed by atoms with Crippen molar-refractivity contribution in [3.05, 3.63) is 62.4 Å². The largest absolute Gasteiger partial charge is 0.416 e. The number of likely N-dealkylation sites (tertiary alicyclic amines) is 1. The van der Waals surface area contributed by atoms with Crippen molar-refractivity contribution in [2.45, 2.75) is 51.6 Å². The maximum Gasteiger partial charge on any atom is 0.416 e. The van der Waals surface area contributed by atoms with Gasteiger partial charge in [-0.05, 0) is 67.0 Å². The van der Waals surface area contributed by atoms with E-state index in [4.69, 9.17) is 23.2 Å². The van der Waals surface area contributed by atoms with Gasteiger partial charge in [-0.2, -0.15) is 13.2 Å². The maximum absolute atomic E-state index is 13.4. The highest BCUT2D eigenvalue weighted by Crippen LogP contribution is 2.39. The van der Waals surface area contributed by atoms with E-state index in [1.54, 1.807) is 30.7 Å². The molecule has 1 saturated heterocycles. The van der Waals surface area contributed by atoms with Crippen LogP contribution >= 0.6 is 23.2 Å². The second-order valence-corrected chi connectivity index (χ2v) is 10.9. The summed E-state index contributed by atoms with van der Waals surface area (Å²) in [5.41, 5.74) is 1.54. The summed E-state index contributed by atoms with van der Waals surface area (Å²) in [4.78, 5) is 19.8. The molecular weight excluding hydrogens is 510 g/mol. The fraction of sp³-hybridized carbons (Fsp3) is 0.481. The third kappa shape index (κ3) is 4.60. The molecule has 2 heterocycles. The number of rotatable bonds is 4. The zero-order chi connectivity index (χ0) is 25.8. The van der Waals surface area contributed by atoms with E-state index in [9.17, 15) is 18.0 Å². The van der Waals surface area contributed by atoms with E-state index in [2.05, 4.69) is 4.98 Å². The number of imidazole rings is 1. The molecule has 0 unspecified atom stereocenters. The first-order valence-corrected chi connectivity index (χ1v) is 13.1. The van der Waals surface area contributed by atoms with E-state index >= 15 is 0 Å². The monoisotopic (exact) mass is 537 g/mol. The Hall–Kier alpha value is -2.25. The minimum absolute atomic E-state index is 0.111. The summed E-state index contributed by atoms with van der Waals surface area (Å²) in [5.74, 6) is 1.93. The molecule has 1 aromatic heterocycles. The Balaban J connectivity index is 1.41. The second kappa shape index (κ2) is 9.56. The number of amides is 1. The van der Waals surface area contributed by atoms with Gasteiger partial charge in [0.2, 0.25) is 0 Å². The summed E-state index contributed by atoms with van der Waals surface area (Å²) in [5, 5.41) is 0.661. The van der Waals surface area contributed by atoms with Crippen LogP contribution in [0.15, 0.2) is 24.3 Å². The fourth-order valence-corrected chi connectivity index (χ4v) is 6.15. The lowest BCUT2D eigenvalue weighted by Gasteiger charge is -2.40. The number of hydrogen-bond acceptors (Lipinski definition) is 2. The smallest absolute Gasteiger partial charge is 0.339 e. The van der Waals surface area contributed by atoms with Crippen LogP contribution in [0.25, 0.3) is 11.0 Å². The fourth-order valence-electron chi connectivity index (χ4n) is 5.57. The molecule has 1 aliphatic heterocycles. The number of carbonyl (C=O) groups is 1. The van der Waals surface area contributed by atoms with E-state index in [1.165, 1.54) is 19.3 Å². The number of piperidine rings is 1. The number of benzene rings is 2. The van der Waals surface area contributed by atoms with E-state index < -0.39 is 11.7 Å². The molecule has 4 nitrogen and oxygen atoms in total. The lowest BCUT2D eigenvalue weighted by molar-refractivity contribution is -0.137. The average molecular weight is 538 g/mol. The predicted molar refractivity (Wildman–Crippen MR) is 136 cm³/mol. The standard InChI is InChI=1S/C27H28Cl2F3N3O/c1-15-12-18(27(30,31)32)13-22-25(15)33-23(34(22)2)14-20-21(28)7-6-19(24(20)29)26(36)35-10-8-17(9-11-35)16-4-3-5-16/h6-7,12-13,16-17H,3-5,8-11,14H2,1-2H3.